The molecule has 4 nitrogen and oxygen atoms in total. The van der Waals surface area contributed by atoms with Gasteiger partial charge in [0, 0.05) is 25.0 Å². The third-order valence-corrected chi connectivity index (χ3v) is 2.53. The second-order valence-electron chi connectivity index (χ2n) is 4.54. The highest BCUT2D eigenvalue weighted by atomic mass is 15.3. The summed E-state index contributed by atoms with van der Waals surface area (Å²) in [6.45, 7) is 5.43. The molecule has 0 spiro atoms. The van der Waals surface area contributed by atoms with E-state index in [9.17, 15) is 0 Å². The van der Waals surface area contributed by atoms with Gasteiger partial charge in [0.1, 0.15) is 0 Å². The molecule has 15 heavy (non-hydrogen) atoms. The van der Waals surface area contributed by atoms with E-state index >= 15 is 0 Å². The molecular formula is C11H18N4. The first-order valence-corrected chi connectivity index (χ1v) is 5.51. The van der Waals surface area contributed by atoms with Crippen molar-refractivity contribution in [2.75, 3.05) is 17.2 Å². The molecule has 0 saturated heterocycles. The zero-order valence-electron chi connectivity index (χ0n) is 9.35. The van der Waals surface area contributed by atoms with Crippen LogP contribution in [0.25, 0.3) is 0 Å². The fourth-order valence-corrected chi connectivity index (χ4v) is 1.75. The molecule has 1 aromatic rings. The topological polar surface area (TPSA) is 55.0 Å². The predicted molar refractivity (Wildman–Crippen MR) is 61.7 cm³/mol. The second-order valence-corrected chi connectivity index (χ2v) is 4.54. The normalized spacial score (nSPS) is 15.7. The monoisotopic (exact) mass is 206 g/mol. The Labute approximate surface area is 90.5 Å². The molecule has 0 aliphatic heterocycles. The summed E-state index contributed by atoms with van der Waals surface area (Å²) in [7, 11) is 0. The van der Waals surface area contributed by atoms with E-state index < -0.39 is 0 Å². The van der Waals surface area contributed by atoms with E-state index in [2.05, 4.69) is 28.7 Å². The number of nitrogens with two attached hydrogens (primary N) is 1. The van der Waals surface area contributed by atoms with Crippen molar-refractivity contribution in [3.63, 3.8) is 0 Å². The number of rotatable bonds is 4. The van der Waals surface area contributed by atoms with Crippen molar-refractivity contribution in [3.8, 4) is 0 Å². The third kappa shape index (κ3) is 2.37. The van der Waals surface area contributed by atoms with Crippen molar-refractivity contribution in [2.45, 2.75) is 32.7 Å². The van der Waals surface area contributed by atoms with Gasteiger partial charge in [0.15, 0.2) is 11.6 Å². The molecule has 1 aliphatic rings. The Morgan fingerprint density at radius 3 is 2.60 bits per heavy atom. The predicted octanol–water partition coefficient (Wildman–Crippen LogP) is 1.68. The van der Waals surface area contributed by atoms with Crippen LogP contribution in [0, 0.1) is 5.92 Å². The third-order valence-electron chi connectivity index (χ3n) is 2.53. The Kier molecular flexibility index (Phi) is 2.75. The maximum absolute atomic E-state index is 5.85. The zero-order valence-corrected chi connectivity index (χ0v) is 9.35. The van der Waals surface area contributed by atoms with Gasteiger partial charge in [-0.15, -0.1) is 0 Å². The number of nitrogens with zero attached hydrogens (tertiary/aromatic N) is 3. The Morgan fingerprint density at radius 1 is 1.40 bits per heavy atom. The van der Waals surface area contributed by atoms with Gasteiger partial charge < -0.3 is 10.6 Å². The molecule has 0 bridgehead atoms. The van der Waals surface area contributed by atoms with Crippen molar-refractivity contribution in [1.29, 1.82) is 0 Å². The molecule has 1 aromatic heterocycles. The van der Waals surface area contributed by atoms with Gasteiger partial charge in [-0.2, -0.15) is 0 Å². The maximum atomic E-state index is 5.85. The fraction of sp³-hybridized carbons (Fsp3) is 0.636. The van der Waals surface area contributed by atoms with Crippen molar-refractivity contribution in [2.24, 2.45) is 5.92 Å². The summed E-state index contributed by atoms with van der Waals surface area (Å²) in [5, 5.41) is 0. The first-order valence-electron chi connectivity index (χ1n) is 5.51. The first-order chi connectivity index (χ1) is 7.18. The minimum absolute atomic E-state index is 0.546. The number of anilines is 2. The molecule has 0 unspecified atom stereocenters. The van der Waals surface area contributed by atoms with Gasteiger partial charge in [-0.3, -0.25) is 0 Å². The Morgan fingerprint density at radius 2 is 2.07 bits per heavy atom. The van der Waals surface area contributed by atoms with Crippen LogP contribution in [0.5, 0.6) is 0 Å². The number of hydrogen-bond donors (Lipinski definition) is 1. The lowest BCUT2D eigenvalue weighted by atomic mass is 10.2. The smallest absolute Gasteiger partial charge is 0.171 e. The molecule has 1 aliphatic carbocycles. The number of hydrogen-bond acceptors (Lipinski definition) is 4. The highest BCUT2D eigenvalue weighted by Crippen LogP contribution is 2.32. The summed E-state index contributed by atoms with van der Waals surface area (Å²) >= 11 is 0. The van der Waals surface area contributed by atoms with E-state index in [-0.39, 0.29) is 0 Å². The molecule has 0 aromatic carbocycles. The van der Waals surface area contributed by atoms with E-state index in [1.807, 2.05) is 0 Å². The Hall–Kier alpha value is -1.32. The average Bonchev–Trinajstić information content (AvgIpc) is 2.98. The summed E-state index contributed by atoms with van der Waals surface area (Å²) in [6, 6.07) is 0.631. The van der Waals surface area contributed by atoms with Crippen molar-refractivity contribution in [1.82, 2.24) is 9.97 Å². The quantitative estimate of drug-likeness (QED) is 0.814. The lowest BCUT2D eigenvalue weighted by Crippen LogP contribution is -2.31. The second kappa shape index (κ2) is 4.04. The van der Waals surface area contributed by atoms with Crippen LogP contribution in [0.2, 0.25) is 0 Å². The lowest BCUT2D eigenvalue weighted by molar-refractivity contribution is 0.602. The van der Waals surface area contributed by atoms with Crippen LogP contribution >= 0.6 is 0 Å². The van der Waals surface area contributed by atoms with Gasteiger partial charge in [0.05, 0.1) is 0 Å². The summed E-state index contributed by atoms with van der Waals surface area (Å²) < 4.78 is 0. The van der Waals surface area contributed by atoms with Crippen LogP contribution < -0.4 is 10.6 Å². The van der Waals surface area contributed by atoms with Crippen LogP contribution in [0.4, 0.5) is 11.6 Å². The minimum Gasteiger partial charge on any atom is -0.381 e. The fourth-order valence-electron chi connectivity index (χ4n) is 1.75. The average molecular weight is 206 g/mol. The van der Waals surface area contributed by atoms with Crippen LogP contribution in [0.15, 0.2) is 12.4 Å². The first kappa shape index (κ1) is 10.2. The highest BCUT2D eigenvalue weighted by molar-refractivity contribution is 5.58. The van der Waals surface area contributed by atoms with Gasteiger partial charge in [-0.25, -0.2) is 9.97 Å². The van der Waals surface area contributed by atoms with Crippen LogP contribution in [-0.2, 0) is 0 Å². The van der Waals surface area contributed by atoms with Crippen molar-refractivity contribution in [3.05, 3.63) is 12.4 Å². The molecule has 82 valence electrons. The van der Waals surface area contributed by atoms with Gasteiger partial charge in [0.2, 0.25) is 0 Å². The Bertz CT molecular complexity index is 333. The van der Waals surface area contributed by atoms with Gasteiger partial charge >= 0.3 is 0 Å². The molecule has 0 amide bonds. The molecule has 1 saturated carbocycles. The summed E-state index contributed by atoms with van der Waals surface area (Å²) in [4.78, 5) is 10.7. The zero-order chi connectivity index (χ0) is 10.8. The molecular weight excluding hydrogens is 188 g/mol. The lowest BCUT2D eigenvalue weighted by Gasteiger charge is -2.25. The highest BCUT2D eigenvalue weighted by Gasteiger charge is 2.31. The van der Waals surface area contributed by atoms with Gasteiger partial charge in [0.25, 0.3) is 0 Å². The van der Waals surface area contributed by atoms with Crippen LogP contribution in [-0.4, -0.2) is 22.6 Å². The van der Waals surface area contributed by atoms with Crippen molar-refractivity contribution >= 4 is 11.6 Å². The molecule has 0 atom stereocenters. The maximum Gasteiger partial charge on any atom is 0.171 e. The van der Waals surface area contributed by atoms with E-state index in [1.54, 1.807) is 12.4 Å². The summed E-state index contributed by atoms with van der Waals surface area (Å²) in [5.74, 6) is 2.02. The number of aromatic nitrogens is 2. The van der Waals surface area contributed by atoms with Gasteiger partial charge in [-0.05, 0) is 18.8 Å². The van der Waals surface area contributed by atoms with E-state index in [0.717, 1.165) is 12.4 Å². The van der Waals surface area contributed by atoms with Crippen molar-refractivity contribution < 1.29 is 0 Å². The summed E-state index contributed by atoms with van der Waals surface area (Å²) in [5.41, 5.74) is 5.85. The van der Waals surface area contributed by atoms with Crippen LogP contribution in [0.1, 0.15) is 26.7 Å². The molecule has 2 rings (SSSR count). The largest absolute Gasteiger partial charge is 0.381 e. The molecule has 1 heterocycles. The van der Waals surface area contributed by atoms with E-state index in [0.29, 0.717) is 17.8 Å². The number of nitrogen functional groups attached to an aromatic ring is 1. The standard InChI is InChI=1S/C11H18N4/c1-8(2)7-15(9-3-4-9)11-10(12)13-5-6-14-11/h5-6,8-9H,3-4,7H2,1-2H3,(H2,12,13). The minimum atomic E-state index is 0.546. The van der Waals surface area contributed by atoms with Crippen LogP contribution in [0.3, 0.4) is 0 Å². The molecule has 0 radical (unpaired) electrons. The SMILES string of the molecule is CC(C)CN(c1nccnc1N)C1CC1. The Balaban J connectivity index is 2.20. The molecule has 1 fully saturated rings. The van der Waals surface area contributed by atoms with E-state index in [1.165, 1.54) is 12.8 Å². The van der Waals surface area contributed by atoms with E-state index in [4.69, 9.17) is 5.73 Å². The van der Waals surface area contributed by atoms with Gasteiger partial charge in [-0.1, -0.05) is 13.8 Å². The molecule has 4 heteroatoms. The summed E-state index contributed by atoms with van der Waals surface area (Å²) in [6.07, 6.45) is 5.85. The molecule has 2 N–H and O–H groups in total.